The molecule has 6 aliphatic rings. The number of carbonyl (C=O) groups is 2. The Balaban J connectivity index is 1.72. The Morgan fingerprint density at radius 2 is 1.93 bits per heavy atom. The van der Waals surface area contributed by atoms with Crippen molar-refractivity contribution in [2.24, 2.45) is 11.3 Å². The number of hydrogen-bond acceptors (Lipinski definition) is 5. The van der Waals surface area contributed by atoms with Crippen LogP contribution in [0.5, 0.6) is 5.75 Å². The van der Waals surface area contributed by atoms with Gasteiger partial charge in [0.25, 0.3) is 0 Å². The minimum Gasteiger partial charge on any atom is -0.495 e. The Hall–Kier alpha value is -2.08. The highest BCUT2D eigenvalue weighted by Gasteiger charge is 2.81. The van der Waals surface area contributed by atoms with Crippen LogP contribution >= 0.6 is 0 Å². The van der Waals surface area contributed by atoms with E-state index in [2.05, 4.69) is 17.0 Å². The second-order valence-corrected chi connectivity index (χ2v) is 10.0. The number of esters is 1. The van der Waals surface area contributed by atoms with Gasteiger partial charge in [-0.15, -0.1) is 0 Å². The summed E-state index contributed by atoms with van der Waals surface area (Å²) in [5.41, 5.74) is 1.43. The number of rotatable bonds is 2. The number of hydrogen-bond donors (Lipinski definition) is 0. The van der Waals surface area contributed by atoms with Crippen LogP contribution in [0.1, 0.15) is 51.0 Å². The third-order valence-electron chi connectivity index (χ3n) is 9.41. The summed E-state index contributed by atoms with van der Waals surface area (Å²) in [7, 11) is 3.16. The monoisotopic (exact) mass is 410 g/mol. The number of carbonyl (C=O) groups excluding carboxylic acids is 2. The summed E-state index contributed by atoms with van der Waals surface area (Å²) >= 11 is 0. The van der Waals surface area contributed by atoms with Gasteiger partial charge in [0.2, 0.25) is 5.91 Å². The fraction of sp³-hybridized carbons (Fsp3) is 0.667. The number of methoxy groups -OCH3 is 2. The number of ether oxygens (including phenoxy) is 2. The van der Waals surface area contributed by atoms with Crippen molar-refractivity contribution < 1.29 is 19.1 Å². The Bertz CT molecular complexity index is 963. The Kier molecular flexibility index (Phi) is 3.60. The van der Waals surface area contributed by atoms with Crippen LogP contribution in [0.15, 0.2) is 18.2 Å². The molecule has 160 valence electrons. The maximum Gasteiger partial charge on any atom is 0.311 e. The quantitative estimate of drug-likeness (QED) is 0.702. The topological polar surface area (TPSA) is 59.1 Å². The molecule has 2 saturated heterocycles. The molecule has 0 N–H and O–H groups in total. The minimum absolute atomic E-state index is 0.00446. The van der Waals surface area contributed by atoms with E-state index >= 15 is 0 Å². The molecule has 2 bridgehead atoms. The van der Waals surface area contributed by atoms with E-state index in [9.17, 15) is 9.59 Å². The highest BCUT2D eigenvalue weighted by Crippen LogP contribution is 2.76. The van der Waals surface area contributed by atoms with Crippen molar-refractivity contribution in [3.8, 4) is 5.75 Å². The van der Waals surface area contributed by atoms with E-state index in [1.807, 2.05) is 11.0 Å². The molecule has 1 amide bonds. The Morgan fingerprint density at radius 1 is 1.10 bits per heavy atom. The zero-order chi connectivity index (χ0) is 20.9. The summed E-state index contributed by atoms with van der Waals surface area (Å²) in [4.78, 5) is 31.3. The molecule has 6 nitrogen and oxygen atoms in total. The number of fused-ring (bicyclic) bond motifs is 3. The maximum absolute atomic E-state index is 13.3. The summed E-state index contributed by atoms with van der Waals surface area (Å²) in [6, 6.07) is 6.58. The van der Waals surface area contributed by atoms with Gasteiger partial charge in [-0.1, -0.05) is 12.1 Å². The lowest BCUT2D eigenvalue weighted by Crippen LogP contribution is -2.79. The van der Waals surface area contributed by atoms with Crippen LogP contribution in [0, 0.1) is 11.3 Å². The van der Waals surface area contributed by atoms with Crippen LogP contribution in [0.4, 0.5) is 5.69 Å². The van der Waals surface area contributed by atoms with Crippen LogP contribution < -0.4 is 9.64 Å². The van der Waals surface area contributed by atoms with Gasteiger partial charge in [-0.25, -0.2) is 0 Å². The van der Waals surface area contributed by atoms with Crippen LogP contribution in [0.25, 0.3) is 0 Å². The molecule has 3 heterocycles. The summed E-state index contributed by atoms with van der Waals surface area (Å²) in [5, 5.41) is 0. The molecule has 5 atom stereocenters. The van der Waals surface area contributed by atoms with Gasteiger partial charge >= 0.3 is 5.97 Å². The lowest BCUT2D eigenvalue weighted by atomic mass is 9.38. The maximum atomic E-state index is 13.3. The first-order chi connectivity index (χ1) is 14.5. The second kappa shape index (κ2) is 5.78. The second-order valence-electron chi connectivity index (χ2n) is 10.0. The van der Waals surface area contributed by atoms with Gasteiger partial charge in [-0.05, 0) is 68.7 Å². The lowest BCUT2D eigenvalue weighted by Gasteiger charge is -2.70. The zero-order valence-corrected chi connectivity index (χ0v) is 18.1. The Morgan fingerprint density at radius 3 is 2.67 bits per heavy atom. The molecular formula is C24H30N2O4. The highest BCUT2D eigenvalue weighted by molar-refractivity contribution is 6.01. The molecule has 30 heavy (non-hydrogen) atoms. The normalized spacial score (nSPS) is 40.6. The standard InChI is InChI=1S/C24H30N2O4/c1-15(27)26-19-16(6-4-7-18(19)29-2)23-11-13-25-12-5-8-22(21(23)25)9-10-24(23,26)17(14-22)20(28)30-3/h4,6-7,17,21H,5,8-14H2,1-3H3/t17-,21-,22-,23+,24+/m1/s1. The molecule has 0 radical (unpaired) electrons. The summed E-state index contributed by atoms with van der Waals surface area (Å²) in [6.45, 7) is 3.79. The number of nitrogens with zero attached hydrogens (tertiary/aromatic N) is 2. The predicted octanol–water partition coefficient (Wildman–Crippen LogP) is 2.88. The predicted molar refractivity (Wildman–Crippen MR) is 112 cm³/mol. The van der Waals surface area contributed by atoms with Gasteiger partial charge in [0.1, 0.15) is 5.75 Å². The van der Waals surface area contributed by atoms with Crippen LogP contribution in [-0.2, 0) is 19.7 Å². The van der Waals surface area contributed by atoms with Gasteiger partial charge in [0.15, 0.2) is 0 Å². The molecule has 3 saturated carbocycles. The van der Waals surface area contributed by atoms with E-state index in [4.69, 9.17) is 9.47 Å². The number of amides is 1. The smallest absolute Gasteiger partial charge is 0.311 e. The summed E-state index contributed by atoms with van der Waals surface area (Å²) in [6.07, 6.45) is 6.09. The van der Waals surface area contributed by atoms with Crippen molar-refractivity contribution in [1.82, 2.24) is 4.90 Å². The van der Waals surface area contributed by atoms with E-state index in [-0.39, 0.29) is 28.6 Å². The lowest BCUT2D eigenvalue weighted by molar-refractivity contribution is -0.175. The zero-order valence-electron chi connectivity index (χ0n) is 18.1. The van der Waals surface area contributed by atoms with Crippen LogP contribution in [0.2, 0.25) is 0 Å². The van der Waals surface area contributed by atoms with E-state index < -0.39 is 5.54 Å². The first-order valence-electron chi connectivity index (χ1n) is 11.3. The van der Waals surface area contributed by atoms with Crippen molar-refractivity contribution >= 4 is 17.6 Å². The molecule has 3 spiro atoms. The number of piperidine rings is 1. The van der Waals surface area contributed by atoms with Crippen molar-refractivity contribution in [2.45, 2.75) is 62.4 Å². The fourth-order valence-corrected chi connectivity index (χ4v) is 8.89. The third kappa shape index (κ3) is 1.75. The van der Waals surface area contributed by atoms with Gasteiger partial charge in [0, 0.05) is 18.4 Å². The average molecular weight is 411 g/mol. The molecule has 6 heteroatoms. The van der Waals surface area contributed by atoms with Crippen molar-refractivity contribution in [2.75, 3.05) is 32.2 Å². The molecule has 1 aromatic rings. The van der Waals surface area contributed by atoms with E-state index in [0.29, 0.717) is 6.04 Å². The average Bonchev–Trinajstić information content (AvgIpc) is 3.29. The fourth-order valence-electron chi connectivity index (χ4n) is 8.89. The molecule has 5 fully saturated rings. The molecule has 0 unspecified atom stereocenters. The van der Waals surface area contributed by atoms with E-state index in [1.54, 1.807) is 14.0 Å². The van der Waals surface area contributed by atoms with Gasteiger partial charge in [-0.2, -0.15) is 0 Å². The van der Waals surface area contributed by atoms with Gasteiger partial charge in [-0.3, -0.25) is 14.5 Å². The molecule has 1 aromatic carbocycles. The minimum atomic E-state index is -0.568. The van der Waals surface area contributed by atoms with Crippen molar-refractivity contribution in [3.05, 3.63) is 23.8 Å². The highest BCUT2D eigenvalue weighted by atomic mass is 16.5. The molecular weight excluding hydrogens is 380 g/mol. The first-order valence-corrected chi connectivity index (χ1v) is 11.3. The summed E-state index contributed by atoms with van der Waals surface area (Å²) in [5.74, 6) is 0.270. The molecule has 0 aromatic heterocycles. The van der Waals surface area contributed by atoms with Gasteiger partial charge in [0.05, 0.1) is 31.4 Å². The first kappa shape index (κ1) is 18.7. The SMILES string of the molecule is COC(=O)[C@H]1C[C@@]23CCCN4CC[C@]5(c6cccc(OC)c6N(C(C)=O)[C@@]15CC2)[C@H]43. The molecule has 3 aliphatic carbocycles. The molecule has 7 rings (SSSR count). The van der Waals surface area contributed by atoms with E-state index in [0.717, 1.165) is 50.2 Å². The molecule has 3 aliphatic heterocycles. The number of para-hydroxylation sites is 1. The van der Waals surface area contributed by atoms with E-state index in [1.165, 1.54) is 25.5 Å². The Labute approximate surface area is 177 Å². The number of anilines is 1. The third-order valence-corrected chi connectivity index (χ3v) is 9.41. The number of benzene rings is 1. The van der Waals surface area contributed by atoms with Crippen LogP contribution in [-0.4, -0.2) is 55.7 Å². The van der Waals surface area contributed by atoms with Crippen LogP contribution in [0.3, 0.4) is 0 Å². The van der Waals surface area contributed by atoms with Crippen molar-refractivity contribution in [1.29, 1.82) is 0 Å². The van der Waals surface area contributed by atoms with Gasteiger partial charge < -0.3 is 14.4 Å². The summed E-state index contributed by atoms with van der Waals surface area (Å²) < 4.78 is 11.2. The largest absolute Gasteiger partial charge is 0.495 e. The van der Waals surface area contributed by atoms with Crippen molar-refractivity contribution in [3.63, 3.8) is 0 Å².